The Morgan fingerprint density at radius 1 is 0.967 bits per heavy atom. The molecule has 0 N–H and O–H groups in total. The van der Waals surface area contributed by atoms with Gasteiger partial charge in [-0.25, -0.2) is 0 Å². The van der Waals surface area contributed by atoms with Crippen molar-refractivity contribution >= 4 is 11.8 Å². The van der Waals surface area contributed by atoms with Crippen LogP contribution in [0.15, 0.2) is 24.3 Å². The van der Waals surface area contributed by atoms with Crippen LogP contribution in [0.3, 0.4) is 0 Å². The first-order chi connectivity index (χ1) is 14.3. The second-order valence-corrected chi connectivity index (χ2v) is 8.13. The van der Waals surface area contributed by atoms with E-state index in [9.17, 15) is 22.8 Å². The first-order valence-corrected chi connectivity index (χ1v) is 10.4. The molecule has 0 bridgehead atoms. The highest BCUT2D eigenvalue weighted by Crippen LogP contribution is 2.51. The number of hydrogen-bond acceptors (Lipinski definition) is 4. The molecule has 2 saturated heterocycles. The third-order valence-corrected chi connectivity index (χ3v) is 6.18. The van der Waals surface area contributed by atoms with Crippen molar-refractivity contribution in [2.75, 3.05) is 59.0 Å². The maximum atomic E-state index is 13.3. The zero-order valence-electron chi connectivity index (χ0n) is 16.7. The number of amides is 2. The van der Waals surface area contributed by atoms with Gasteiger partial charge in [-0.15, -0.1) is 0 Å². The molecule has 1 aliphatic carbocycles. The molecule has 0 spiro atoms. The zero-order valence-corrected chi connectivity index (χ0v) is 16.7. The molecule has 1 aromatic carbocycles. The molecule has 1 aromatic rings. The Morgan fingerprint density at radius 3 is 2.27 bits per heavy atom. The van der Waals surface area contributed by atoms with Crippen LogP contribution in [0.25, 0.3) is 0 Å². The van der Waals surface area contributed by atoms with E-state index in [0.29, 0.717) is 52.4 Å². The van der Waals surface area contributed by atoms with Crippen LogP contribution in [0.2, 0.25) is 0 Å². The third kappa shape index (κ3) is 4.62. The number of carbonyl (C=O) groups excluding carboxylic acids is 2. The predicted octanol–water partition coefficient (Wildman–Crippen LogP) is 1.81. The largest absolute Gasteiger partial charge is 0.416 e. The van der Waals surface area contributed by atoms with E-state index < -0.39 is 17.7 Å². The number of morpholine rings is 1. The number of ether oxygens (including phenoxy) is 1. The van der Waals surface area contributed by atoms with E-state index in [0.717, 1.165) is 19.2 Å². The van der Waals surface area contributed by atoms with Gasteiger partial charge < -0.3 is 14.5 Å². The van der Waals surface area contributed by atoms with Gasteiger partial charge in [0.15, 0.2) is 0 Å². The average molecular weight is 425 g/mol. The van der Waals surface area contributed by atoms with Crippen LogP contribution in [0.1, 0.15) is 23.5 Å². The van der Waals surface area contributed by atoms with Gasteiger partial charge in [-0.2, -0.15) is 13.2 Å². The number of nitrogens with zero attached hydrogens (tertiary/aromatic N) is 3. The quantitative estimate of drug-likeness (QED) is 0.739. The minimum absolute atomic E-state index is 0.0485. The van der Waals surface area contributed by atoms with E-state index in [4.69, 9.17) is 4.74 Å². The third-order valence-electron chi connectivity index (χ3n) is 6.18. The van der Waals surface area contributed by atoms with Crippen molar-refractivity contribution in [3.05, 3.63) is 35.4 Å². The lowest BCUT2D eigenvalue weighted by molar-refractivity contribution is -0.141. The Bertz CT molecular complexity index is 787. The molecule has 3 fully saturated rings. The van der Waals surface area contributed by atoms with E-state index in [1.165, 1.54) is 12.1 Å². The molecule has 2 aliphatic heterocycles. The zero-order chi connectivity index (χ0) is 21.3. The maximum absolute atomic E-state index is 13.3. The number of piperazine rings is 1. The summed E-state index contributed by atoms with van der Waals surface area (Å²) in [4.78, 5) is 30.8. The van der Waals surface area contributed by atoms with Gasteiger partial charge in [0, 0.05) is 45.2 Å². The summed E-state index contributed by atoms with van der Waals surface area (Å²) < 4.78 is 45.1. The van der Waals surface area contributed by atoms with Crippen molar-refractivity contribution in [3.8, 4) is 0 Å². The topological polar surface area (TPSA) is 53.1 Å². The average Bonchev–Trinajstić information content (AvgIpc) is 3.54. The van der Waals surface area contributed by atoms with Crippen molar-refractivity contribution in [1.29, 1.82) is 0 Å². The summed E-state index contributed by atoms with van der Waals surface area (Å²) in [7, 11) is 0. The Hall–Kier alpha value is -2.13. The number of benzene rings is 1. The van der Waals surface area contributed by atoms with Crippen LogP contribution in [0.4, 0.5) is 13.2 Å². The molecule has 1 saturated carbocycles. The Morgan fingerprint density at radius 2 is 1.60 bits per heavy atom. The molecule has 30 heavy (non-hydrogen) atoms. The molecule has 164 valence electrons. The molecule has 2 atom stereocenters. The lowest BCUT2D eigenvalue weighted by atomic mass is 10.0. The molecule has 0 aromatic heterocycles. The molecular weight excluding hydrogens is 399 g/mol. The van der Waals surface area contributed by atoms with Gasteiger partial charge in [0.25, 0.3) is 0 Å². The number of carbonyl (C=O) groups is 2. The van der Waals surface area contributed by atoms with Crippen molar-refractivity contribution in [3.63, 3.8) is 0 Å². The Kier molecular flexibility index (Phi) is 6.02. The normalized spacial score (nSPS) is 25.3. The first kappa shape index (κ1) is 21.1. The molecule has 6 nitrogen and oxygen atoms in total. The van der Waals surface area contributed by atoms with E-state index >= 15 is 0 Å². The Labute approximate surface area is 173 Å². The Balaban J connectivity index is 1.29. The summed E-state index contributed by atoms with van der Waals surface area (Å²) in [5, 5.41) is 0. The van der Waals surface area contributed by atoms with Gasteiger partial charge in [-0.05, 0) is 24.0 Å². The van der Waals surface area contributed by atoms with Crippen LogP contribution in [-0.4, -0.2) is 85.5 Å². The minimum atomic E-state index is -4.42. The second kappa shape index (κ2) is 8.55. The summed E-state index contributed by atoms with van der Waals surface area (Å²) in [5.41, 5.74) is -0.438. The van der Waals surface area contributed by atoms with E-state index in [-0.39, 0.29) is 23.3 Å². The molecule has 2 amide bonds. The van der Waals surface area contributed by atoms with Crippen LogP contribution < -0.4 is 0 Å². The van der Waals surface area contributed by atoms with Gasteiger partial charge >= 0.3 is 6.18 Å². The molecule has 0 radical (unpaired) electrons. The standard InChI is InChI=1S/C21H26F3N3O3/c22-21(23,24)18-4-2-1-3-15(18)16-13-17(16)20(29)27-7-5-26(6-8-27)19(28)14-25-9-11-30-12-10-25/h1-4,16-17H,5-14H2. The minimum Gasteiger partial charge on any atom is -0.379 e. The summed E-state index contributed by atoms with van der Waals surface area (Å²) in [6.07, 6.45) is -3.97. The van der Waals surface area contributed by atoms with Gasteiger partial charge in [0.1, 0.15) is 0 Å². The highest BCUT2D eigenvalue weighted by molar-refractivity contribution is 5.84. The number of alkyl halides is 3. The van der Waals surface area contributed by atoms with Crippen molar-refractivity contribution in [1.82, 2.24) is 14.7 Å². The first-order valence-electron chi connectivity index (χ1n) is 10.4. The van der Waals surface area contributed by atoms with Gasteiger partial charge in [0.2, 0.25) is 11.8 Å². The summed E-state index contributed by atoms with van der Waals surface area (Å²) in [6, 6.07) is 5.51. The molecular formula is C21H26F3N3O3. The monoisotopic (exact) mass is 425 g/mol. The van der Waals surface area contributed by atoms with Crippen molar-refractivity contribution in [2.45, 2.75) is 18.5 Å². The summed E-state index contributed by atoms with van der Waals surface area (Å²) >= 11 is 0. The van der Waals surface area contributed by atoms with E-state index in [1.807, 2.05) is 0 Å². The second-order valence-electron chi connectivity index (χ2n) is 8.13. The molecule has 2 heterocycles. The van der Waals surface area contributed by atoms with Gasteiger partial charge in [-0.3, -0.25) is 14.5 Å². The predicted molar refractivity (Wildman–Crippen MR) is 103 cm³/mol. The van der Waals surface area contributed by atoms with Gasteiger partial charge in [-0.1, -0.05) is 18.2 Å². The smallest absolute Gasteiger partial charge is 0.379 e. The van der Waals surface area contributed by atoms with Crippen LogP contribution in [0.5, 0.6) is 0 Å². The fourth-order valence-electron chi connectivity index (χ4n) is 4.35. The molecule has 2 unspecified atom stereocenters. The number of hydrogen-bond donors (Lipinski definition) is 0. The molecule has 4 rings (SSSR count). The van der Waals surface area contributed by atoms with Crippen molar-refractivity contribution < 1.29 is 27.5 Å². The highest BCUT2D eigenvalue weighted by atomic mass is 19.4. The maximum Gasteiger partial charge on any atom is 0.416 e. The van der Waals surface area contributed by atoms with E-state index in [1.54, 1.807) is 15.9 Å². The highest BCUT2D eigenvalue weighted by Gasteiger charge is 2.49. The molecule has 9 heteroatoms. The van der Waals surface area contributed by atoms with Crippen LogP contribution in [-0.2, 0) is 20.5 Å². The fraction of sp³-hybridized carbons (Fsp3) is 0.619. The van der Waals surface area contributed by atoms with Crippen LogP contribution in [0, 0.1) is 5.92 Å². The van der Waals surface area contributed by atoms with E-state index in [2.05, 4.69) is 4.90 Å². The summed E-state index contributed by atoms with van der Waals surface area (Å²) in [6.45, 7) is 4.90. The number of halogens is 3. The van der Waals surface area contributed by atoms with Gasteiger partial charge in [0.05, 0.1) is 25.3 Å². The SMILES string of the molecule is O=C(CN1CCOCC1)N1CCN(C(=O)C2CC2c2ccccc2C(F)(F)F)CC1. The lowest BCUT2D eigenvalue weighted by Crippen LogP contribution is -2.53. The number of rotatable bonds is 4. The van der Waals surface area contributed by atoms with Crippen molar-refractivity contribution in [2.24, 2.45) is 5.92 Å². The fourth-order valence-corrected chi connectivity index (χ4v) is 4.35. The van der Waals surface area contributed by atoms with Crippen LogP contribution >= 0.6 is 0 Å². The summed E-state index contributed by atoms with van der Waals surface area (Å²) in [5.74, 6) is -0.829. The molecule has 3 aliphatic rings. The lowest BCUT2D eigenvalue weighted by Gasteiger charge is -2.36.